The lowest BCUT2D eigenvalue weighted by Gasteiger charge is -2.25. The van der Waals surface area contributed by atoms with Crippen molar-refractivity contribution in [1.29, 1.82) is 0 Å². The SMILES string of the molecule is O=C(CN1C(=O)[C@@H](NC(=O)OCC2c3ccccc3-c3ccccc32)CSc2ccccc21)Nc1ccc2c(c1)CC1(C2)NC(=O)NC1=O.[HH].[HH].[HH].[HH]. The molecule has 1 saturated heterocycles. The van der Waals surface area contributed by atoms with E-state index in [1.165, 1.54) is 16.7 Å². The Morgan fingerprint density at radius 1 is 0.898 bits per heavy atom. The van der Waals surface area contributed by atoms with E-state index in [0.29, 0.717) is 24.2 Å². The van der Waals surface area contributed by atoms with E-state index in [9.17, 15) is 24.0 Å². The maximum absolute atomic E-state index is 14.0. The minimum Gasteiger partial charge on any atom is -0.449 e. The van der Waals surface area contributed by atoms with Crippen molar-refractivity contribution >= 4 is 53.0 Å². The molecule has 6 amide bonds. The topological polar surface area (TPSA) is 146 Å². The second kappa shape index (κ2) is 12.1. The fourth-order valence-electron chi connectivity index (χ4n) is 7.28. The van der Waals surface area contributed by atoms with Crippen LogP contribution in [0.15, 0.2) is 95.9 Å². The normalized spacial score (nSPS) is 20.4. The summed E-state index contributed by atoms with van der Waals surface area (Å²) in [6.45, 7) is -0.183. The molecule has 8 rings (SSSR count). The van der Waals surface area contributed by atoms with Crippen LogP contribution in [0.4, 0.5) is 21.0 Å². The van der Waals surface area contributed by atoms with E-state index in [0.717, 1.165) is 38.3 Å². The highest BCUT2D eigenvalue weighted by Crippen LogP contribution is 2.44. The average Bonchev–Trinajstić information content (AvgIpc) is 3.69. The second-order valence-corrected chi connectivity index (χ2v) is 13.7. The number of carbonyl (C=O) groups excluding carboxylic acids is 5. The molecule has 1 unspecified atom stereocenters. The number of carbonyl (C=O) groups is 5. The monoisotopic (exact) mass is 681 g/mol. The molecule has 2 aliphatic heterocycles. The Morgan fingerprint density at radius 3 is 2.33 bits per heavy atom. The third kappa shape index (κ3) is 5.57. The Balaban J connectivity index is 0.00000157. The molecule has 0 radical (unpaired) electrons. The number of urea groups is 1. The lowest BCUT2D eigenvalue weighted by atomic mass is 9.96. The number of anilines is 2. The standard InChI is InChI=1S/C37H31N5O6S.4H2/c43-32(38-23-14-13-21-16-37(17-22(21)15-23)34(45)40-35(46)41-37)18-42-30-11-5-6-12-31(30)49-20-29(33(42)44)39-36(47)48-19-28-26-9-3-1-7-24(26)25-8-2-4-10-27(25)28;;;;/h1-15,28-29H,16-20H2,(H,38,43)(H,39,47)(H2,40,41,45,46);4*1H/t29-,37?;;;;/m0..../s1. The van der Waals surface area contributed by atoms with Gasteiger partial charge in [-0.3, -0.25) is 19.7 Å². The molecule has 1 spiro atoms. The van der Waals surface area contributed by atoms with Gasteiger partial charge in [0.05, 0.1) is 5.69 Å². The number of hydrogen-bond donors (Lipinski definition) is 4. The summed E-state index contributed by atoms with van der Waals surface area (Å²) in [6, 6.07) is 27.3. The Kier molecular flexibility index (Phi) is 7.59. The average molecular weight is 682 g/mol. The van der Waals surface area contributed by atoms with Crippen LogP contribution in [0, 0.1) is 0 Å². The summed E-state index contributed by atoms with van der Waals surface area (Å²) in [5.74, 6) is -1.10. The molecule has 11 nitrogen and oxygen atoms in total. The summed E-state index contributed by atoms with van der Waals surface area (Å²) in [6.07, 6.45) is -0.0375. The summed E-state index contributed by atoms with van der Waals surface area (Å²) in [5.41, 5.74) is 6.22. The van der Waals surface area contributed by atoms with Crippen LogP contribution in [0.1, 0.15) is 33.9 Å². The molecule has 4 aromatic carbocycles. The first kappa shape index (κ1) is 30.7. The van der Waals surface area contributed by atoms with Gasteiger partial charge in [-0.25, -0.2) is 9.59 Å². The molecule has 2 heterocycles. The van der Waals surface area contributed by atoms with Crippen LogP contribution >= 0.6 is 11.8 Å². The van der Waals surface area contributed by atoms with Gasteiger partial charge in [0.1, 0.15) is 24.7 Å². The van der Waals surface area contributed by atoms with Crippen molar-refractivity contribution in [3.63, 3.8) is 0 Å². The highest BCUT2D eigenvalue weighted by Gasteiger charge is 2.50. The second-order valence-electron chi connectivity index (χ2n) is 12.6. The largest absolute Gasteiger partial charge is 0.449 e. The zero-order valence-corrected chi connectivity index (χ0v) is 27.0. The highest BCUT2D eigenvalue weighted by atomic mass is 32.2. The van der Waals surface area contributed by atoms with Crippen LogP contribution in [0.3, 0.4) is 0 Å². The van der Waals surface area contributed by atoms with Gasteiger partial charge in [-0.1, -0.05) is 66.7 Å². The van der Waals surface area contributed by atoms with Crippen molar-refractivity contribution in [1.82, 2.24) is 16.0 Å². The Hall–Kier alpha value is -5.62. The third-order valence-electron chi connectivity index (χ3n) is 9.55. The Bertz CT molecular complexity index is 2040. The van der Waals surface area contributed by atoms with E-state index >= 15 is 0 Å². The third-order valence-corrected chi connectivity index (χ3v) is 10.7. The number of ether oxygens (including phenoxy) is 1. The number of amides is 6. The molecule has 1 fully saturated rings. The maximum atomic E-state index is 14.0. The van der Waals surface area contributed by atoms with Crippen LogP contribution in [0.2, 0.25) is 0 Å². The first-order valence-electron chi connectivity index (χ1n) is 16.0. The van der Waals surface area contributed by atoms with Gasteiger partial charge in [-0.05, 0) is 57.6 Å². The predicted molar refractivity (Wildman–Crippen MR) is 192 cm³/mol. The summed E-state index contributed by atoms with van der Waals surface area (Å²) in [7, 11) is 0. The zero-order chi connectivity index (χ0) is 33.7. The van der Waals surface area contributed by atoms with Gasteiger partial charge in [0.2, 0.25) is 5.91 Å². The Labute approximate surface area is 291 Å². The predicted octanol–water partition coefficient (Wildman–Crippen LogP) is 5.33. The number of rotatable bonds is 6. The van der Waals surface area contributed by atoms with Gasteiger partial charge in [0.15, 0.2) is 0 Å². The lowest BCUT2D eigenvalue weighted by Crippen LogP contribution is -2.51. The Morgan fingerprint density at radius 2 is 1.59 bits per heavy atom. The number of imide groups is 1. The van der Waals surface area contributed by atoms with E-state index in [1.807, 2.05) is 54.6 Å². The number of nitrogens with zero attached hydrogens (tertiary/aromatic N) is 1. The summed E-state index contributed by atoms with van der Waals surface area (Å²) in [5, 5.41) is 10.7. The van der Waals surface area contributed by atoms with Gasteiger partial charge < -0.3 is 25.6 Å². The summed E-state index contributed by atoms with van der Waals surface area (Å²) < 4.78 is 5.73. The zero-order valence-electron chi connectivity index (χ0n) is 26.2. The number of hydrogen-bond acceptors (Lipinski definition) is 7. The van der Waals surface area contributed by atoms with E-state index in [2.05, 4.69) is 33.4 Å². The number of thioether (sulfide) groups is 1. The molecule has 12 heteroatoms. The van der Waals surface area contributed by atoms with Crippen LogP contribution in [-0.2, 0) is 32.0 Å². The van der Waals surface area contributed by atoms with Crippen molar-refractivity contribution in [3.05, 3.63) is 113 Å². The van der Waals surface area contributed by atoms with Gasteiger partial charge in [-0.2, -0.15) is 0 Å². The molecule has 0 saturated carbocycles. The molecule has 0 bridgehead atoms. The number of fused-ring (bicyclic) bond motifs is 5. The van der Waals surface area contributed by atoms with Crippen molar-refractivity contribution in [3.8, 4) is 11.1 Å². The minimum atomic E-state index is -1.02. The minimum absolute atomic E-state index is 0. The van der Waals surface area contributed by atoms with Crippen LogP contribution in [-0.4, -0.2) is 60.3 Å². The number of alkyl carbamates (subject to hydrolysis) is 1. The summed E-state index contributed by atoms with van der Waals surface area (Å²) >= 11 is 1.42. The molecule has 0 aromatic heterocycles. The summed E-state index contributed by atoms with van der Waals surface area (Å²) in [4.78, 5) is 67.0. The maximum Gasteiger partial charge on any atom is 0.407 e. The van der Waals surface area contributed by atoms with Gasteiger partial charge in [0, 0.05) is 40.8 Å². The number of para-hydroxylation sites is 1. The van der Waals surface area contributed by atoms with Gasteiger partial charge in [0.25, 0.3) is 11.8 Å². The molecule has 4 aromatic rings. The van der Waals surface area contributed by atoms with Crippen LogP contribution in [0.5, 0.6) is 0 Å². The van der Waals surface area contributed by atoms with Crippen molar-refractivity contribution in [2.45, 2.75) is 35.2 Å². The van der Waals surface area contributed by atoms with Crippen molar-refractivity contribution in [2.75, 3.05) is 29.1 Å². The molecule has 49 heavy (non-hydrogen) atoms. The molecule has 2 atom stereocenters. The first-order valence-corrected chi connectivity index (χ1v) is 17.0. The highest BCUT2D eigenvalue weighted by molar-refractivity contribution is 7.99. The van der Waals surface area contributed by atoms with Crippen LogP contribution < -0.4 is 26.2 Å². The van der Waals surface area contributed by atoms with E-state index in [-0.39, 0.29) is 36.4 Å². The smallest absolute Gasteiger partial charge is 0.407 e. The number of nitrogens with one attached hydrogen (secondary N) is 4. The fourth-order valence-corrected chi connectivity index (χ4v) is 8.35. The van der Waals surface area contributed by atoms with Crippen molar-refractivity contribution in [2.24, 2.45) is 0 Å². The van der Waals surface area contributed by atoms with Crippen molar-refractivity contribution < 1.29 is 34.4 Å². The molecular formula is C37H39N5O6S. The van der Waals surface area contributed by atoms with Gasteiger partial charge >= 0.3 is 12.1 Å². The van der Waals surface area contributed by atoms with E-state index < -0.39 is 35.5 Å². The molecular weight excluding hydrogens is 643 g/mol. The van der Waals surface area contributed by atoms with Gasteiger partial charge in [-0.15, -0.1) is 11.8 Å². The molecule has 254 valence electrons. The molecule has 4 aliphatic rings. The quantitative estimate of drug-likeness (QED) is 0.201. The fraction of sp³-hybridized carbons (Fsp3) is 0.216. The van der Waals surface area contributed by atoms with Crippen LogP contribution in [0.25, 0.3) is 11.1 Å². The lowest BCUT2D eigenvalue weighted by molar-refractivity contribution is -0.123. The molecule has 2 aliphatic carbocycles. The first-order chi connectivity index (χ1) is 23.8. The van der Waals surface area contributed by atoms with E-state index in [4.69, 9.17) is 4.74 Å². The molecule has 4 N–H and O–H groups in total. The number of benzene rings is 4. The van der Waals surface area contributed by atoms with E-state index in [1.54, 1.807) is 24.3 Å².